The van der Waals surface area contributed by atoms with Crippen LogP contribution in [0.1, 0.15) is 46.0 Å². The van der Waals surface area contributed by atoms with Crippen molar-refractivity contribution >= 4 is 29.2 Å². The number of nitrogens with zero attached hydrogens (tertiary/aromatic N) is 1. The molecular formula is C22H25ClN2O3. The molecule has 0 spiro atoms. The molecule has 1 aliphatic heterocycles. The van der Waals surface area contributed by atoms with Gasteiger partial charge >= 0.3 is 5.97 Å². The van der Waals surface area contributed by atoms with Gasteiger partial charge in [0, 0.05) is 18.7 Å². The number of rotatable bonds is 5. The van der Waals surface area contributed by atoms with Gasteiger partial charge in [-0.15, -0.1) is 0 Å². The minimum absolute atomic E-state index is 0.276. The van der Waals surface area contributed by atoms with Crippen LogP contribution in [0.2, 0.25) is 5.02 Å². The third-order valence-electron chi connectivity index (χ3n) is 5.00. The fourth-order valence-electron chi connectivity index (χ4n) is 3.51. The largest absolute Gasteiger partial charge is 0.465 e. The molecule has 0 bridgehead atoms. The van der Waals surface area contributed by atoms with E-state index in [1.807, 2.05) is 24.3 Å². The number of methoxy groups -OCH3 is 1. The number of halogens is 1. The first-order valence-electron chi connectivity index (χ1n) is 9.47. The Balaban J connectivity index is 1.65. The van der Waals surface area contributed by atoms with E-state index in [1.165, 1.54) is 31.6 Å². The molecule has 1 atom stereocenters. The number of anilines is 1. The normalized spacial score (nSPS) is 17.2. The highest BCUT2D eigenvalue weighted by Crippen LogP contribution is 2.24. The Morgan fingerprint density at radius 1 is 1.18 bits per heavy atom. The molecule has 0 aliphatic carbocycles. The van der Waals surface area contributed by atoms with Gasteiger partial charge < -0.3 is 10.1 Å². The molecule has 0 radical (unpaired) electrons. The molecule has 148 valence electrons. The quantitative estimate of drug-likeness (QED) is 0.744. The molecule has 28 heavy (non-hydrogen) atoms. The summed E-state index contributed by atoms with van der Waals surface area (Å²) >= 11 is 6.15. The van der Waals surface area contributed by atoms with E-state index in [1.54, 1.807) is 12.1 Å². The highest BCUT2D eigenvalue weighted by atomic mass is 35.5. The standard InChI is InChI=1S/C22H25ClN2O3/c1-15-4-3-11-25(13-15)14-16-5-7-17(8-6-16)21(26)24-20-12-18(22(27)28-2)9-10-19(20)23/h5-10,12,15H,3-4,11,13-14H2,1-2H3,(H,24,26)/t15-/m1/s1. The molecule has 0 saturated carbocycles. The van der Waals surface area contributed by atoms with Crippen molar-refractivity contribution in [1.29, 1.82) is 0 Å². The molecule has 6 heteroatoms. The van der Waals surface area contributed by atoms with Gasteiger partial charge in [0.15, 0.2) is 0 Å². The summed E-state index contributed by atoms with van der Waals surface area (Å²) in [6.45, 7) is 5.44. The number of piperidine rings is 1. The summed E-state index contributed by atoms with van der Waals surface area (Å²) in [5.41, 5.74) is 2.43. The first-order chi connectivity index (χ1) is 13.5. The van der Waals surface area contributed by atoms with Crippen molar-refractivity contribution in [2.24, 2.45) is 5.92 Å². The zero-order valence-electron chi connectivity index (χ0n) is 16.2. The van der Waals surface area contributed by atoms with Crippen LogP contribution >= 0.6 is 11.6 Å². The van der Waals surface area contributed by atoms with Crippen LogP contribution in [-0.4, -0.2) is 37.0 Å². The molecule has 0 aromatic heterocycles. The van der Waals surface area contributed by atoms with E-state index in [0.717, 1.165) is 25.6 Å². The van der Waals surface area contributed by atoms with Gasteiger partial charge in [0.25, 0.3) is 5.91 Å². The summed E-state index contributed by atoms with van der Waals surface area (Å²) in [4.78, 5) is 26.7. The van der Waals surface area contributed by atoms with Crippen LogP contribution in [0.4, 0.5) is 5.69 Å². The summed E-state index contributed by atoms with van der Waals surface area (Å²) in [6.07, 6.45) is 2.54. The number of carbonyl (C=O) groups excluding carboxylic acids is 2. The molecule has 5 nitrogen and oxygen atoms in total. The van der Waals surface area contributed by atoms with Crippen molar-refractivity contribution in [3.05, 3.63) is 64.2 Å². The highest BCUT2D eigenvalue weighted by molar-refractivity contribution is 6.34. The Bertz CT molecular complexity index is 851. The monoisotopic (exact) mass is 400 g/mol. The predicted octanol–water partition coefficient (Wildman–Crippen LogP) is 4.61. The van der Waals surface area contributed by atoms with E-state index in [0.29, 0.717) is 21.8 Å². The maximum absolute atomic E-state index is 12.6. The molecule has 1 heterocycles. The maximum Gasteiger partial charge on any atom is 0.337 e. The number of hydrogen-bond donors (Lipinski definition) is 1. The summed E-state index contributed by atoms with van der Waals surface area (Å²) in [7, 11) is 1.31. The molecule has 0 unspecified atom stereocenters. The van der Waals surface area contributed by atoms with Crippen molar-refractivity contribution in [3.8, 4) is 0 Å². The Labute approximate surface area is 170 Å². The minimum atomic E-state index is -0.483. The predicted molar refractivity (Wildman–Crippen MR) is 111 cm³/mol. The minimum Gasteiger partial charge on any atom is -0.465 e. The topological polar surface area (TPSA) is 58.6 Å². The Morgan fingerprint density at radius 3 is 2.57 bits per heavy atom. The first-order valence-corrected chi connectivity index (χ1v) is 9.84. The van der Waals surface area contributed by atoms with Crippen LogP contribution in [0.25, 0.3) is 0 Å². The van der Waals surface area contributed by atoms with E-state index in [4.69, 9.17) is 16.3 Å². The third kappa shape index (κ3) is 5.12. The van der Waals surface area contributed by atoms with Gasteiger partial charge in [-0.3, -0.25) is 9.69 Å². The van der Waals surface area contributed by atoms with E-state index in [9.17, 15) is 9.59 Å². The first kappa shape index (κ1) is 20.4. The van der Waals surface area contributed by atoms with Crippen molar-refractivity contribution < 1.29 is 14.3 Å². The lowest BCUT2D eigenvalue weighted by molar-refractivity contribution is 0.0600. The zero-order chi connectivity index (χ0) is 20.1. The summed E-state index contributed by atoms with van der Waals surface area (Å²) in [5.74, 6) is -0.0186. The van der Waals surface area contributed by atoms with Crippen LogP contribution in [-0.2, 0) is 11.3 Å². The van der Waals surface area contributed by atoms with Gasteiger partial charge in [0.2, 0.25) is 0 Å². The Kier molecular flexibility index (Phi) is 6.70. The molecular weight excluding hydrogens is 376 g/mol. The fraction of sp³-hybridized carbons (Fsp3) is 0.364. The third-order valence-corrected chi connectivity index (χ3v) is 5.33. The average Bonchev–Trinajstić information content (AvgIpc) is 2.69. The number of esters is 1. The van der Waals surface area contributed by atoms with Crippen LogP contribution in [0.15, 0.2) is 42.5 Å². The Hall–Kier alpha value is -2.37. The lowest BCUT2D eigenvalue weighted by atomic mass is 9.99. The number of benzene rings is 2. The second-order valence-corrected chi connectivity index (χ2v) is 7.73. The van der Waals surface area contributed by atoms with Gasteiger partial charge in [0.1, 0.15) is 0 Å². The molecule has 3 rings (SSSR count). The van der Waals surface area contributed by atoms with E-state index in [2.05, 4.69) is 17.1 Å². The number of nitrogens with one attached hydrogen (secondary N) is 1. The molecule has 2 aromatic carbocycles. The zero-order valence-corrected chi connectivity index (χ0v) is 17.0. The number of hydrogen-bond acceptors (Lipinski definition) is 4. The SMILES string of the molecule is COC(=O)c1ccc(Cl)c(NC(=O)c2ccc(CN3CCC[C@@H](C)C3)cc2)c1. The van der Waals surface area contributed by atoms with E-state index < -0.39 is 5.97 Å². The number of ether oxygens (including phenoxy) is 1. The van der Waals surface area contributed by atoms with Crippen molar-refractivity contribution in [2.45, 2.75) is 26.3 Å². The smallest absolute Gasteiger partial charge is 0.337 e. The van der Waals surface area contributed by atoms with Crippen molar-refractivity contribution in [1.82, 2.24) is 4.90 Å². The van der Waals surface area contributed by atoms with Gasteiger partial charge in [-0.05, 0) is 61.2 Å². The van der Waals surface area contributed by atoms with Gasteiger partial charge in [-0.1, -0.05) is 30.7 Å². The second kappa shape index (κ2) is 9.22. The van der Waals surface area contributed by atoms with Crippen LogP contribution in [0, 0.1) is 5.92 Å². The van der Waals surface area contributed by atoms with Gasteiger partial charge in [-0.2, -0.15) is 0 Å². The molecule has 1 aliphatic rings. The highest BCUT2D eigenvalue weighted by Gasteiger charge is 2.17. The number of amides is 1. The summed E-state index contributed by atoms with van der Waals surface area (Å²) in [5, 5.41) is 3.12. The van der Waals surface area contributed by atoms with Crippen LogP contribution in [0.3, 0.4) is 0 Å². The van der Waals surface area contributed by atoms with E-state index >= 15 is 0 Å². The maximum atomic E-state index is 12.6. The Morgan fingerprint density at radius 2 is 1.89 bits per heavy atom. The number of likely N-dealkylation sites (tertiary alicyclic amines) is 1. The molecule has 2 aromatic rings. The van der Waals surface area contributed by atoms with Gasteiger partial charge in [-0.25, -0.2) is 4.79 Å². The van der Waals surface area contributed by atoms with Gasteiger partial charge in [0.05, 0.1) is 23.4 Å². The van der Waals surface area contributed by atoms with Crippen LogP contribution < -0.4 is 5.32 Å². The molecule has 1 N–H and O–H groups in total. The molecule has 1 saturated heterocycles. The van der Waals surface area contributed by atoms with Crippen LogP contribution in [0.5, 0.6) is 0 Å². The lowest BCUT2D eigenvalue weighted by Gasteiger charge is -2.30. The lowest BCUT2D eigenvalue weighted by Crippen LogP contribution is -2.33. The molecule has 1 amide bonds. The van der Waals surface area contributed by atoms with E-state index in [-0.39, 0.29) is 5.91 Å². The van der Waals surface area contributed by atoms with Crippen molar-refractivity contribution in [2.75, 3.05) is 25.5 Å². The summed E-state index contributed by atoms with van der Waals surface area (Å²) in [6, 6.07) is 12.2. The summed E-state index contributed by atoms with van der Waals surface area (Å²) < 4.78 is 4.70. The fourth-order valence-corrected chi connectivity index (χ4v) is 3.68. The average molecular weight is 401 g/mol. The molecule has 1 fully saturated rings. The number of carbonyl (C=O) groups is 2. The second-order valence-electron chi connectivity index (χ2n) is 7.32. The van der Waals surface area contributed by atoms with Crippen molar-refractivity contribution in [3.63, 3.8) is 0 Å².